The maximum absolute atomic E-state index is 6.32. The van der Waals surface area contributed by atoms with E-state index < -0.39 is 0 Å². The Hall–Kier alpha value is -6.65. The highest BCUT2D eigenvalue weighted by Crippen LogP contribution is 2.35. The van der Waals surface area contributed by atoms with E-state index in [1.54, 1.807) is 6.08 Å². The smallest absolute Gasteiger partial charge is 0.164 e. The van der Waals surface area contributed by atoms with E-state index in [4.69, 9.17) is 19.4 Å². The van der Waals surface area contributed by atoms with Crippen molar-refractivity contribution in [3.05, 3.63) is 181 Å². The van der Waals surface area contributed by atoms with Gasteiger partial charge in [0.05, 0.1) is 0 Å². The molecule has 2 aromatic heterocycles. The lowest BCUT2D eigenvalue weighted by Gasteiger charge is -2.13. The summed E-state index contributed by atoms with van der Waals surface area (Å²) in [4.78, 5) is 15.4. The number of hydrogen-bond acceptors (Lipinski definition) is 4. The highest BCUT2D eigenvalue weighted by Gasteiger charge is 2.18. The molecule has 0 N–H and O–H groups in total. The van der Waals surface area contributed by atoms with Crippen LogP contribution in [-0.4, -0.2) is 15.0 Å². The normalized spacial score (nSPS) is 11.7. The molecule has 0 fully saturated rings. The molecule has 0 aliphatic carbocycles. The highest BCUT2D eigenvalue weighted by molar-refractivity contribution is 5.93. The van der Waals surface area contributed by atoms with Crippen LogP contribution in [0, 0.1) is 0 Å². The molecular weight excluding hydrogens is 611 g/mol. The maximum Gasteiger partial charge on any atom is 0.164 e. The molecule has 4 nitrogen and oxygen atoms in total. The van der Waals surface area contributed by atoms with Crippen LogP contribution in [0.4, 0.5) is 0 Å². The zero-order chi connectivity index (χ0) is 33.4. The number of nitrogens with zero attached hydrogens (tertiary/aromatic N) is 3. The fourth-order valence-corrected chi connectivity index (χ4v) is 6.87. The average Bonchev–Trinajstić information content (AvgIpc) is 3.53. The predicted octanol–water partition coefficient (Wildman–Crippen LogP) is 11.9. The van der Waals surface area contributed by atoms with Gasteiger partial charge in [-0.25, -0.2) is 15.0 Å². The van der Waals surface area contributed by atoms with Gasteiger partial charge in [-0.2, -0.15) is 0 Å². The van der Waals surface area contributed by atoms with E-state index in [2.05, 4.69) is 140 Å². The van der Waals surface area contributed by atoms with Gasteiger partial charge in [0.15, 0.2) is 17.5 Å². The summed E-state index contributed by atoms with van der Waals surface area (Å²) in [6.45, 7) is 3.87. The number of furan rings is 1. The molecule has 0 bridgehead atoms. The number of fused-ring (bicyclic) bond motifs is 4. The highest BCUT2D eigenvalue weighted by atomic mass is 16.3. The van der Waals surface area contributed by atoms with Crippen LogP contribution in [0.2, 0.25) is 0 Å². The third-order valence-electron chi connectivity index (χ3n) is 9.34. The molecule has 0 saturated carbocycles. The molecule has 0 radical (unpaired) electrons. The van der Waals surface area contributed by atoms with Gasteiger partial charge in [-0.15, -0.1) is 0 Å². The van der Waals surface area contributed by atoms with Gasteiger partial charge in [0.1, 0.15) is 11.3 Å². The summed E-state index contributed by atoms with van der Waals surface area (Å²) in [6, 6.07) is 50.7. The third kappa shape index (κ3) is 5.43. The van der Waals surface area contributed by atoms with Gasteiger partial charge in [-0.05, 0) is 74.3 Å². The molecular formula is C46H31N3O. The molecule has 4 heteroatoms. The van der Waals surface area contributed by atoms with Crippen LogP contribution < -0.4 is 0 Å². The van der Waals surface area contributed by atoms with E-state index in [9.17, 15) is 0 Å². The van der Waals surface area contributed by atoms with E-state index in [1.165, 1.54) is 16.2 Å². The second-order valence-corrected chi connectivity index (χ2v) is 12.5. The topological polar surface area (TPSA) is 51.8 Å². The van der Waals surface area contributed by atoms with Crippen LogP contribution in [0.15, 0.2) is 169 Å². The van der Waals surface area contributed by atoms with Crippen molar-refractivity contribution in [1.82, 2.24) is 15.0 Å². The first-order valence-corrected chi connectivity index (χ1v) is 16.8. The van der Waals surface area contributed by atoms with Crippen molar-refractivity contribution >= 4 is 49.4 Å². The Bertz CT molecular complexity index is 2680. The SMILES string of the molecule is C=C/C=C\c1oc2ccccc2c1Cc1cc(-c2nc(-c3ccc4ccccc4c3)nc(-c3ccc4ccccc4c3)n2)cc2ccccc12. The van der Waals surface area contributed by atoms with Crippen molar-refractivity contribution < 1.29 is 4.42 Å². The maximum atomic E-state index is 6.32. The van der Waals surface area contributed by atoms with Crippen molar-refractivity contribution in [1.29, 1.82) is 0 Å². The van der Waals surface area contributed by atoms with Gasteiger partial charge >= 0.3 is 0 Å². The Labute approximate surface area is 289 Å². The van der Waals surface area contributed by atoms with Crippen molar-refractivity contribution in [2.24, 2.45) is 0 Å². The Morgan fingerprint density at radius 2 is 1.02 bits per heavy atom. The minimum atomic E-state index is 0.627. The monoisotopic (exact) mass is 641 g/mol. The molecule has 2 heterocycles. The zero-order valence-electron chi connectivity index (χ0n) is 27.3. The standard InChI is InChI=1S/C46H31N3O/c1-2-3-19-43-41(40-18-10-11-20-42(40)50-43)29-37-28-38(27-34-16-8-9-17-39(34)37)46-48-44(35-23-21-30-12-4-6-14-32(30)25-35)47-45(49-46)36-24-22-31-13-5-7-15-33(31)26-36/h2-28H,1,29H2/b19-3-. The van der Waals surface area contributed by atoms with Gasteiger partial charge in [-0.1, -0.05) is 134 Å². The average molecular weight is 642 g/mol. The van der Waals surface area contributed by atoms with Crippen LogP contribution in [0.5, 0.6) is 0 Å². The Morgan fingerprint density at radius 1 is 0.500 bits per heavy atom. The Balaban J connectivity index is 1.24. The van der Waals surface area contributed by atoms with Crippen molar-refractivity contribution in [2.75, 3.05) is 0 Å². The number of aromatic nitrogens is 3. The van der Waals surface area contributed by atoms with Crippen LogP contribution in [-0.2, 0) is 6.42 Å². The molecule has 0 aliphatic rings. The molecule has 0 aliphatic heterocycles. The molecule has 9 rings (SSSR count). The summed E-state index contributed by atoms with van der Waals surface area (Å²) in [7, 11) is 0. The Kier molecular flexibility index (Phi) is 7.33. The third-order valence-corrected chi connectivity index (χ3v) is 9.34. The molecule has 0 spiro atoms. The van der Waals surface area contributed by atoms with Crippen molar-refractivity contribution in [2.45, 2.75) is 6.42 Å². The van der Waals surface area contributed by atoms with Crippen LogP contribution in [0.3, 0.4) is 0 Å². The summed E-state index contributed by atoms with van der Waals surface area (Å²) < 4.78 is 6.32. The molecule has 7 aromatic carbocycles. The summed E-state index contributed by atoms with van der Waals surface area (Å²) in [5, 5.41) is 8.03. The quantitative estimate of drug-likeness (QED) is 0.163. The molecule has 0 atom stereocenters. The van der Waals surface area contributed by atoms with Gasteiger partial charge in [-0.3, -0.25) is 0 Å². The van der Waals surface area contributed by atoms with Gasteiger partial charge in [0, 0.05) is 34.1 Å². The van der Waals surface area contributed by atoms with Crippen molar-refractivity contribution in [3.63, 3.8) is 0 Å². The lowest BCUT2D eigenvalue weighted by atomic mass is 9.94. The predicted molar refractivity (Wildman–Crippen MR) is 207 cm³/mol. The van der Waals surface area contributed by atoms with Crippen LogP contribution >= 0.6 is 0 Å². The first-order valence-electron chi connectivity index (χ1n) is 16.8. The molecule has 50 heavy (non-hydrogen) atoms. The number of hydrogen-bond donors (Lipinski definition) is 0. The summed E-state index contributed by atoms with van der Waals surface area (Å²) in [5.74, 6) is 2.73. The summed E-state index contributed by atoms with van der Waals surface area (Å²) >= 11 is 0. The molecule has 236 valence electrons. The Morgan fingerprint density at radius 3 is 1.66 bits per heavy atom. The number of allylic oxidation sites excluding steroid dienone is 2. The molecule has 9 aromatic rings. The summed E-state index contributed by atoms with van der Waals surface area (Å²) in [5.41, 5.74) is 5.98. The second kappa shape index (κ2) is 12.4. The van der Waals surface area contributed by atoms with E-state index in [-0.39, 0.29) is 0 Å². The lowest BCUT2D eigenvalue weighted by molar-refractivity contribution is 0.600. The number of benzene rings is 7. The number of rotatable bonds is 7. The van der Waals surface area contributed by atoms with Crippen molar-refractivity contribution in [3.8, 4) is 34.2 Å². The van der Waals surface area contributed by atoms with Gasteiger partial charge in [0.25, 0.3) is 0 Å². The second-order valence-electron chi connectivity index (χ2n) is 12.5. The minimum Gasteiger partial charge on any atom is -0.456 e. The van der Waals surface area contributed by atoms with E-state index in [0.717, 1.165) is 60.7 Å². The fourth-order valence-electron chi connectivity index (χ4n) is 6.87. The van der Waals surface area contributed by atoms with E-state index in [0.29, 0.717) is 23.9 Å². The molecule has 0 unspecified atom stereocenters. The number of para-hydroxylation sites is 1. The summed E-state index contributed by atoms with van der Waals surface area (Å²) in [6.07, 6.45) is 6.35. The first kappa shape index (κ1) is 29.5. The molecule has 0 saturated heterocycles. The zero-order valence-corrected chi connectivity index (χ0v) is 27.3. The largest absolute Gasteiger partial charge is 0.456 e. The van der Waals surface area contributed by atoms with Crippen LogP contribution in [0.25, 0.3) is 83.5 Å². The van der Waals surface area contributed by atoms with Crippen LogP contribution in [0.1, 0.15) is 16.9 Å². The van der Waals surface area contributed by atoms with E-state index in [1.807, 2.05) is 24.3 Å². The molecule has 0 amide bonds. The van der Waals surface area contributed by atoms with E-state index >= 15 is 0 Å². The minimum absolute atomic E-state index is 0.627. The lowest BCUT2D eigenvalue weighted by Crippen LogP contribution is -2.01. The first-order chi connectivity index (χ1) is 24.7. The van der Waals surface area contributed by atoms with Gasteiger partial charge < -0.3 is 4.42 Å². The van der Waals surface area contributed by atoms with Gasteiger partial charge in [0.2, 0.25) is 0 Å². The fraction of sp³-hybridized carbons (Fsp3) is 0.0217.